The molecule has 0 aromatic heterocycles. The van der Waals surface area contributed by atoms with Crippen molar-refractivity contribution in [2.24, 2.45) is 0 Å². The Labute approximate surface area is 160 Å². The van der Waals surface area contributed by atoms with Crippen LogP contribution >= 0.6 is 0 Å². The van der Waals surface area contributed by atoms with Crippen LogP contribution in [0.4, 0.5) is 0 Å². The minimum Gasteiger partial charge on any atom is -0.507 e. The second kappa shape index (κ2) is 11.1. The van der Waals surface area contributed by atoms with Gasteiger partial charge in [0, 0.05) is 5.56 Å². The molecule has 1 nitrogen and oxygen atoms in total. The summed E-state index contributed by atoms with van der Waals surface area (Å²) in [6, 6.07) is 14.6. The molecule has 0 aliphatic rings. The van der Waals surface area contributed by atoms with Crippen LogP contribution in [0.1, 0.15) is 89.2 Å². The summed E-state index contributed by atoms with van der Waals surface area (Å²) >= 11 is 0. The van der Waals surface area contributed by atoms with Crippen molar-refractivity contribution in [1.82, 2.24) is 0 Å². The molecule has 0 saturated carbocycles. The minimum absolute atomic E-state index is 0.412. The Morgan fingerprint density at radius 1 is 0.808 bits per heavy atom. The fraction of sp³-hybridized carbons (Fsp3) is 0.520. The molecule has 0 amide bonds. The van der Waals surface area contributed by atoms with E-state index in [0.29, 0.717) is 11.7 Å². The number of unbranched alkanes of at least 4 members (excludes halogenated alkanes) is 6. The van der Waals surface area contributed by atoms with Gasteiger partial charge >= 0.3 is 0 Å². The third-order valence-corrected chi connectivity index (χ3v) is 5.55. The van der Waals surface area contributed by atoms with E-state index in [4.69, 9.17) is 0 Å². The van der Waals surface area contributed by atoms with E-state index in [-0.39, 0.29) is 0 Å². The van der Waals surface area contributed by atoms with Crippen LogP contribution in [0.5, 0.6) is 5.75 Å². The Hall–Kier alpha value is -1.76. The van der Waals surface area contributed by atoms with Gasteiger partial charge in [0.1, 0.15) is 5.75 Å². The maximum Gasteiger partial charge on any atom is 0.123 e. The Balaban J connectivity index is 2.12. The van der Waals surface area contributed by atoms with Gasteiger partial charge in [-0.2, -0.15) is 0 Å². The van der Waals surface area contributed by atoms with E-state index in [9.17, 15) is 5.11 Å². The summed E-state index contributed by atoms with van der Waals surface area (Å²) in [6.07, 6.45) is 11.5. The van der Waals surface area contributed by atoms with Crippen LogP contribution in [-0.4, -0.2) is 5.11 Å². The number of rotatable bonds is 11. The maximum atomic E-state index is 10.6. The molecular formula is C25H36O. The van der Waals surface area contributed by atoms with E-state index >= 15 is 0 Å². The van der Waals surface area contributed by atoms with Crippen LogP contribution in [0.25, 0.3) is 11.1 Å². The highest BCUT2D eigenvalue weighted by Gasteiger charge is 2.16. The molecule has 0 heterocycles. The van der Waals surface area contributed by atoms with Crippen molar-refractivity contribution in [3.05, 3.63) is 53.6 Å². The number of phenolic OH excluding ortho intramolecular Hbond substituents is 1. The lowest BCUT2D eigenvalue weighted by atomic mass is 9.86. The first-order chi connectivity index (χ1) is 12.7. The molecule has 1 N–H and O–H groups in total. The molecular weight excluding hydrogens is 316 g/mol. The summed E-state index contributed by atoms with van der Waals surface area (Å²) < 4.78 is 0. The fourth-order valence-electron chi connectivity index (χ4n) is 3.74. The van der Waals surface area contributed by atoms with Crippen LogP contribution in [0, 0.1) is 0 Å². The van der Waals surface area contributed by atoms with Crippen LogP contribution in [0.3, 0.4) is 0 Å². The van der Waals surface area contributed by atoms with Gasteiger partial charge < -0.3 is 5.11 Å². The lowest BCUT2D eigenvalue weighted by Gasteiger charge is -2.19. The Kier molecular flexibility index (Phi) is 8.74. The summed E-state index contributed by atoms with van der Waals surface area (Å²) in [6.45, 7) is 6.73. The molecule has 0 radical (unpaired) electrons. The van der Waals surface area contributed by atoms with Crippen molar-refractivity contribution in [3.8, 4) is 16.9 Å². The number of phenols is 1. The molecule has 0 aliphatic heterocycles. The Bertz CT molecular complexity index is 659. The number of benzene rings is 2. The van der Waals surface area contributed by atoms with E-state index < -0.39 is 0 Å². The third-order valence-electron chi connectivity index (χ3n) is 5.55. The van der Waals surface area contributed by atoms with Gasteiger partial charge in [0.25, 0.3) is 0 Å². The molecule has 0 bridgehead atoms. The van der Waals surface area contributed by atoms with Gasteiger partial charge in [-0.05, 0) is 47.9 Å². The van der Waals surface area contributed by atoms with Gasteiger partial charge in [0.05, 0.1) is 0 Å². The quantitative estimate of drug-likeness (QED) is 0.408. The SMILES string of the molecule is CCCCCCCCCc1ccccc1-c1c(O)cccc1C(C)CC. The lowest BCUT2D eigenvalue weighted by Crippen LogP contribution is -1.98. The van der Waals surface area contributed by atoms with Crippen molar-refractivity contribution >= 4 is 0 Å². The Morgan fingerprint density at radius 3 is 2.23 bits per heavy atom. The smallest absolute Gasteiger partial charge is 0.123 e. The molecule has 2 rings (SSSR count). The highest BCUT2D eigenvalue weighted by Crippen LogP contribution is 2.39. The van der Waals surface area contributed by atoms with E-state index in [1.807, 2.05) is 12.1 Å². The predicted octanol–water partition coefficient (Wildman–Crippen LogP) is 7.87. The zero-order chi connectivity index (χ0) is 18.8. The van der Waals surface area contributed by atoms with Crippen molar-refractivity contribution in [2.45, 2.75) is 84.5 Å². The highest BCUT2D eigenvalue weighted by molar-refractivity contribution is 5.77. The van der Waals surface area contributed by atoms with Crippen LogP contribution in [-0.2, 0) is 6.42 Å². The summed E-state index contributed by atoms with van der Waals surface area (Å²) in [5, 5.41) is 10.6. The number of aryl methyl sites for hydroxylation is 1. The summed E-state index contributed by atoms with van der Waals surface area (Å²) in [4.78, 5) is 0. The first kappa shape index (κ1) is 20.6. The first-order valence-corrected chi connectivity index (χ1v) is 10.6. The molecule has 1 heteroatoms. The number of aromatic hydroxyl groups is 1. The molecule has 0 aliphatic carbocycles. The van der Waals surface area contributed by atoms with E-state index in [2.05, 4.69) is 51.1 Å². The fourth-order valence-corrected chi connectivity index (χ4v) is 3.74. The first-order valence-electron chi connectivity index (χ1n) is 10.6. The average Bonchev–Trinajstić information content (AvgIpc) is 2.67. The van der Waals surface area contributed by atoms with E-state index in [1.165, 1.54) is 61.6 Å². The van der Waals surface area contributed by atoms with Crippen molar-refractivity contribution in [2.75, 3.05) is 0 Å². The molecule has 0 saturated heterocycles. The second-order valence-corrected chi connectivity index (χ2v) is 7.58. The molecule has 0 fully saturated rings. The zero-order valence-electron chi connectivity index (χ0n) is 16.9. The van der Waals surface area contributed by atoms with Crippen LogP contribution in [0.2, 0.25) is 0 Å². The molecule has 0 spiro atoms. The van der Waals surface area contributed by atoms with Crippen molar-refractivity contribution < 1.29 is 5.11 Å². The highest BCUT2D eigenvalue weighted by atomic mass is 16.3. The number of hydrogen-bond donors (Lipinski definition) is 1. The predicted molar refractivity (Wildman–Crippen MR) is 114 cm³/mol. The molecule has 26 heavy (non-hydrogen) atoms. The molecule has 142 valence electrons. The van der Waals surface area contributed by atoms with E-state index in [0.717, 1.165) is 18.4 Å². The molecule has 1 atom stereocenters. The second-order valence-electron chi connectivity index (χ2n) is 7.58. The zero-order valence-corrected chi connectivity index (χ0v) is 16.9. The van der Waals surface area contributed by atoms with Gasteiger partial charge in [-0.25, -0.2) is 0 Å². The topological polar surface area (TPSA) is 20.2 Å². The normalized spacial score (nSPS) is 12.3. The van der Waals surface area contributed by atoms with Crippen LogP contribution in [0.15, 0.2) is 42.5 Å². The van der Waals surface area contributed by atoms with Crippen LogP contribution < -0.4 is 0 Å². The largest absolute Gasteiger partial charge is 0.507 e. The molecule has 2 aromatic rings. The summed E-state index contributed by atoms with van der Waals surface area (Å²) in [7, 11) is 0. The van der Waals surface area contributed by atoms with E-state index in [1.54, 1.807) is 0 Å². The third kappa shape index (κ3) is 5.62. The maximum absolute atomic E-state index is 10.6. The average molecular weight is 353 g/mol. The van der Waals surface area contributed by atoms with Gasteiger partial charge in [0.2, 0.25) is 0 Å². The lowest BCUT2D eigenvalue weighted by molar-refractivity contribution is 0.476. The van der Waals surface area contributed by atoms with Gasteiger partial charge in [0.15, 0.2) is 0 Å². The van der Waals surface area contributed by atoms with Crippen molar-refractivity contribution in [1.29, 1.82) is 0 Å². The molecule has 1 unspecified atom stereocenters. The standard InChI is InChI=1S/C25H36O/c1-4-6-7-8-9-10-11-15-21-16-12-13-17-23(21)25-22(20(3)5-2)18-14-19-24(25)26/h12-14,16-20,26H,4-11,15H2,1-3H3. The monoisotopic (exact) mass is 352 g/mol. The molecule has 2 aromatic carbocycles. The summed E-state index contributed by atoms with van der Waals surface area (Å²) in [5.41, 5.74) is 4.89. The van der Waals surface area contributed by atoms with Crippen molar-refractivity contribution in [3.63, 3.8) is 0 Å². The van der Waals surface area contributed by atoms with Gasteiger partial charge in [-0.1, -0.05) is 95.7 Å². The number of hydrogen-bond acceptors (Lipinski definition) is 1. The van der Waals surface area contributed by atoms with Gasteiger partial charge in [-0.3, -0.25) is 0 Å². The Morgan fingerprint density at radius 2 is 1.50 bits per heavy atom. The minimum atomic E-state index is 0.412. The van der Waals surface area contributed by atoms with Gasteiger partial charge in [-0.15, -0.1) is 0 Å². The summed E-state index contributed by atoms with van der Waals surface area (Å²) in [5.74, 6) is 0.860.